The van der Waals surface area contributed by atoms with E-state index >= 15 is 0 Å². The van der Waals surface area contributed by atoms with E-state index in [4.69, 9.17) is 96.2 Å². The fraction of sp³-hybridized carbons (Fsp3) is 0.640. The highest BCUT2D eigenvalue weighted by Gasteiger charge is 2.43. The summed E-state index contributed by atoms with van der Waals surface area (Å²) in [5.74, 6) is -16.3. The van der Waals surface area contributed by atoms with Crippen LogP contribution in [0.2, 0.25) is 0 Å². The van der Waals surface area contributed by atoms with Gasteiger partial charge in [0.15, 0.2) is 0 Å². The Labute approximate surface area is 887 Å². The molecule has 16 amide bonds. The first-order valence-corrected chi connectivity index (χ1v) is 43.5. The van der Waals surface area contributed by atoms with Crippen LogP contribution in [-0.4, -0.2) is 334 Å². The third-order valence-electron chi connectivity index (χ3n) is 16.3. The topological polar surface area (TPSA) is 657 Å². The Morgan fingerprint density at radius 3 is 0.570 bits per heavy atom. The van der Waals surface area contributed by atoms with E-state index in [0.717, 1.165) is 47.0 Å². The van der Waals surface area contributed by atoms with Gasteiger partial charge in [-0.05, 0) is 0 Å². The van der Waals surface area contributed by atoms with E-state index in [0.29, 0.717) is 0 Å². The Morgan fingerprint density at radius 1 is 0.221 bits per heavy atom. The van der Waals surface area contributed by atoms with Gasteiger partial charge in [0.1, 0.15) is 51.8 Å². The highest BCUT2D eigenvalue weighted by Crippen LogP contribution is 2.38. The zero-order chi connectivity index (χ0) is 98.5. The minimum absolute atomic E-state index is 0. The number of carbonyl (C=O) groups excluding carboxylic acids is 24. The number of hydroxylamine groups is 16. The fourth-order valence-corrected chi connectivity index (χ4v) is 16.4. The minimum Gasteiger partial charge on any atom is -0.430 e. The molecule has 60 heteroatoms. The summed E-state index contributed by atoms with van der Waals surface area (Å²) in [6.07, 6.45) is -23.7. The second-order valence-corrected chi connectivity index (χ2v) is 29.9. The molecule has 0 N–H and O–H groups in total. The highest BCUT2D eigenvalue weighted by molar-refractivity contribution is 8.02. The maximum atomic E-state index is 13.0. The number of ether oxygens (including phenoxy) is 8. The first-order chi connectivity index (χ1) is 63.8. The molecular weight excluding hydrogens is 2080 g/mol. The van der Waals surface area contributed by atoms with E-state index in [9.17, 15) is 115 Å². The van der Waals surface area contributed by atoms with Crippen molar-refractivity contribution in [2.45, 2.75) is 246 Å². The predicted octanol–water partition coefficient (Wildman–Crippen LogP) is 13.3. The van der Waals surface area contributed by atoms with Crippen LogP contribution in [0.3, 0.4) is 0 Å². The number of amides is 16. The Hall–Kier alpha value is -12.7. The maximum Gasteiger partial charge on any atom is 0.566 e. The van der Waals surface area contributed by atoms with Crippen molar-refractivity contribution in [2.24, 2.45) is 5.41 Å². The molecule has 4 atom stereocenters. The Balaban J connectivity index is -0.000000683. The number of thioether (sulfide) groups is 4. The third-order valence-corrected chi connectivity index (χ3v) is 22.0. The van der Waals surface area contributed by atoms with E-state index in [2.05, 4.69) is 72.1 Å². The lowest BCUT2D eigenvalue weighted by Gasteiger charge is -2.35. The lowest BCUT2D eigenvalue weighted by molar-refractivity contribution is -0.333. The number of nitrogens with zero attached hydrogens (tertiary/aromatic N) is 8. The van der Waals surface area contributed by atoms with Gasteiger partial charge in [-0.15, -0.1) is 52.6 Å². The SMILES string of the molecule is C.C.C.C.C.C.C.C.C.C.C.C.C.C.C.C.C=C.C=C.C=C.C=C.O=C(OCCOCC(CSCC(CSCC(COCCOC(=O)ON1C(=O)CCC1=O)OCCOC(=O)ON1C(=O)CCC1=O)(CSCC(COOC(=O)ON1C(=O)CCC1=O)OOC(=O)ON1C(=O)CCC1=O)CSCC(COOC(=O)ON1C(=O)CCC1=O)OOC(=O)ON1C(=O)CCC1=O)OCCOC(=O)ON1C(=O)CCC1=O)ON1C(=O)CCC1=O. The van der Waals surface area contributed by atoms with Crippen molar-refractivity contribution < 1.29 is 231 Å². The van der Waals surface area contributed by atoms with Gasteiger partial charge in [0.05, 0.1) is 51.8 Å². The molecule has 8 saturated heterocycles. The summed E-state index contributed by atoms with van der Waals surface area (Å²) in [6, 6.07) is 0. The first-order valence-electron chi connectivity index (χ1n) is 38.9. The third kappa shape index (κ3) is 58.2. The van der Waals surface area contributed by atoms with Crippen molar-refractivity contribution >= 4 is 191 Å². The van der Waals surface area contributed by atoms with Gasteiger partial charge in [-0.25, -0.2) is 19.2 Å². The molecule has 4 unspecified atom stereocenters. The minimum atomic E-state index is -1.82. The van der Waals surface area contributed by atoms with E-state index in [1.54, 1.807) is 0 Å². The maximum absolute atomic E-state index is 13.0. The number of hydrogen-bond acceptors (Lipinski definition) is 52. The summed E-state index contributed by atoms with van der Waals surface area (Å²) < 4.78 is 43.8. The highest BCUT2D eigenvalue weighted by atomic mass is 32.2. The molecule has 149 heavy (non-hydrogen) atoms. The molecule has 56 nitrogen and oxygen atoms in total. The van der Waals surface area contributed by atoms with Crippen molar-refractivity contribution in [1.29, 1.82) is 0 Å². The molecule has 0 aromatic heterocycles. The average molecular weight is 2230 g/mol. The average Bonchev–Trinajstić information content (AvgIpc) is 1.58. The second-order valence-electron chi connectivity index (χ2n) is 25.8. The van der Waals surface area contributed by atoms with Crippen molar-refractivity contribution in [3.8, 4) is 0 Å². The van der Waals surface area contributed by atoms with Crippen LogP contribution >= 0.6 is 47.0 Å². The molecule has 8 rings (SSSR count). The van der Waals surface area contributed by atoms with Crippen LogP contribution in [0, 0.1) is 5.41 Å². The molecule has 0 aromatic rings. The van der Waals surface area contributed by atoms with Crippen LogP contribution in [0.5, 0.6) is 0 Å². The van der Waals surface area contributed by atoms with Crippen molar-refractivity contribution in [1.82, 2.24) is 40.5 Å². The molecule has 8 fully saturated rings. The Kier molecular flexibility index (Phi) is 98.4. The molecule has 0 spiro atoms. The quantitative estimate of drug-likeness (QED) is 0.0104. The lowest BCUT2D eigenvalue weighted by Crippen LogP contribution is -2.37. The number of imide groups is 8. The van der Waals surface area contributed by atoms with Gasteiger partial charge in [-0.2, -0.15) is 85.8 Å². The van der Waals surface area contributed by atoms with E-state index in [1.807, 2.05) is 0 Å². The molecule has 8 heterocycles. The zero-order valence-corrected chi connectivity index (χ0v) is 74.0. The van der Waals surface area contributed by atoms with E-state index in [1.165, 1.54) is 0 Å². The normalized spacial score (nSPS) is 15.3. The zero-order valence-electron chi connectivity index (χ0n) is 70.7. The van der Waals surface area contributed by atoms with E-state index < -0.39 is 264 Å². The summed E-state index contributed by atoms with van der Waals surface area (Å²) in [7, 11) is 0. The molecule has 0 saturated carbocycles. The van der Waals surface area contributed by atoms with Gasteiger partial charge in [-0.3, -0.25) is 135 Å². The smallest absolute Gasteiger partial charge is 0.430 e. The number of hydrogen-bond donors (Lipinski definition) is 0. The molecule has 0 radical (unpaired) electrons. The van der Waals surface area contributed by atoms with Crippen LogP contribution < -0.4 is 0 Å². The molecular formula is C89H156N8O48S4. The van der Waals surface area contributed by atoms with Crippen LogP contribution in [0.15, 0.2) is 52.6 Å². The second kappa shape index (κ2) is 89.3. The van der Waals surface area contributed by atoms with Gasteiger partial charge in [0.2, 0.25) is 0 Å². The summed E-state index contributed by atoms with van der Waals surface area (Å²) >= 11 is 3.93. The van der Waals surface area contributed by atoms with Crippen LogP contribution in [0.1, 0.15) is 222 Å². The van der Waals surface area contributed by atoms with Gasteiger partial charge < -0.3 is 37.9 Å². The lowest BCUT2D eigenvalue weighted by atomic mass is 9.99. The van der Waals surface area contributed by atoms with Gasteiger partial charge in [0, 0.05) is 154 Å². The summed E-state index contributed by atoms with van der Waals surface area (Å²) in [5, 5.41) is 1.19. The van der Waals surface area contributed by atoms with Gasteiger partial charge >= 0.3 is 49.2 Å². The monoisotopic (exact) mass is 2230 g/mol. The van der Waals surface area contributed by atoms with Crippen LogP contribution in [0.4, 0.5) is 38.4 Å². The summed E-state index contributed by atoms with van der Waals surface area (Å²) in [6.45, 7) is 16.9. The van der Waals surface area contributed by atoms with Crippen molar-refractivity contribution in [3.05, 3.63) is 52.6 Å². The standard InChI is InChI=1S/C65H76N8O48S4.4C2H4.16CH4/c74-41-1-2-42(75)66(41)108-57(90)102-19-17-98-25-37(100-21-23-104-59(92)110-68-45(78)5-6-46(68)79)29-122-33-65(35-124-31-39(116-120-63(96)114-72-53(86)13-14-54(72)87)27-106-118-61(94)112-70-49(82)9-10-50(70)83,36-125-32-40(117-121-64(97)115-73-55(88)15-16-56(73)89)28-107-119-62(95)113-71-51(84)11-12-52(71)85)34-123-30-38(101-22-24-105-60(93)111-69-47(80)7-8-48(69)81)26-99-18-20-103-58(91)109-67-43(76)3-4-44(67)77;4*1-2;;;;;;;;;;;;;;;;/h37-40H,1-36H2;4*1-2H2;16*1H4. The molecule has 0 aliphatic carbocycles. The van der Waals surface area contributed by atoms with Crippen LogP contribution in [0.25, 0.3) is 0 Å². The van der Waals surface area contributed by atoms with Gasteiger partial charge in [0.25, 0.3) is 94.5 Å². The number of rotatable bonds is 52. The van der Waals surface area contributed by atoms with E-state index in [-0.39, 0.29) is 297 Å². The summed E-state index contributed by atoms with van der Waals surface area (Å²) in [4.78, 5) is 375. The molecule has 0 aromatic carbocycles. The molecule has 8 aliphatic heterocycles. The summed E-state index contributed by atoms with van der Waals surface area (Å²) in [5.41, 5.74) is -1.36. The fourth-order valence-electron chi connectivity index (χ4n) is 10.4. The van der Waals surface area contributed by atoms with Gasteiger partial charge in [-0.1, -0.05) is 159 Å². The Bertz CT molecular complexity index is 3770. The van der Waals surface area contributed by atoms with Crippen molar-refractivity contribution in [3.63, 3.8) is 0 Å². The number of carbonyl (C=O) groups is 24. The molecule has 8 aliphatic rings. The largest absolute Gasteiger partial charge is 0.566 e. The predicted molar refractivity (Wildman–Crippen MR) is 536 cm³/mol. The first kappa shape index (κ1) is 164. The molecule has 864 valence electrons. The molecule has 0 bridgehead atoms. The Morgan fingerprint density at radius 2 is 0.383 bits per heavy atom. The van der Waals surface area contributed by atoms with Crippen molar-refractivity contribution in [2.75, 3.05) is 125 Å². The van der Waals surface area contributed by atoms with Crippen LogP contribution in [-0.2, 0) is 192 Å².